The molecule has 1 fully saturated rings. The molecule has 1 aliphatic rings. The van der Waals surface area contributed by atoms with E-state index in [0.29, 0.717) is 6.04 Å². The largest absolute Gasteiger partial charge is 0.387 e. The molecule has 0 radical (unpaired) electrons. The maximum atomic E-state index is 5.73. The van der Waals surface area contributed by atoms with Gasteiger partial charge in [0.1, 0.15) is 0 Å². The molecule has 0 amide bonds. The van der Waals surface area contributed by atoms with Crippen molar-refractivity contribution in [1.29, 1.82) is 0 Å². The summed E-state index contributed by atoms with van der Waals surface area (Å²) in [4.78, 5) is 4.47. The van der Waals surface area contributed by atoms with Gasteiger partial charge in [-0.2, -0.15) is 0 Å². The molecule has 0 heterocycles. The lowest BCUT2D eigenvalue weighted by Gasteiger charge is -1.96. The maximum absolute atomic E-state index is 5.73. The van der Waals surface area contributed by atoms with E-state index in [1.54, 1.807) is 0 Å². The summed E-state index contributed by atoms with van der Waals surface area (Å²) in [6.45, 7) is 4.37. The number of hydrogen-bond acceptors (Lipinski definition) is 1. The van der Waals surface area contributed by atoms with Crippen LogP contribution in [0, 0.1) is 5.92 Å². The van der Waals surface area contributed by atoms with Gasteiger partial charge < -0.3 is 5.73 Å². The number of rotatable bonds is 5. The first-order valence-electron chi connectivity index (χ1n) is 5.10. The zero-order valence-electron chi connectivity index (χ0n) is 8.21. The Morgan fingerprint density at radius 3 is 2.75 bits per heavy atom. The number of hydrogen-bond donors (Lipinski definition) is 1. The van der Waals surface area contributed by atoms with E-state index in [1.165, 1.54) is 19.3 Å². The SMILES string of the molecule is CCCC(N)=NC1CC1CCC. The molecule has 0 bridgehead atoms. The molecular weight excluding hydrogens is 148 g/mol. The Morgan fingerprint density at radius 1 is 1.42 bits per heavy atom. The fraction of sp³-hybridized carbons (Fsp3) is 0.900. The topological polar surface area (TPSA) is 38.4 Å². The van der Waals surface area contributed by atoms with Gasteiger partial charge in [-0.25, -0.2) is 0 Å². The Labute approximate surface area is 75.3 Å². The second-order valence-corrected chi connectivity index (χ2v) is 3.72. The fourth-order valence-corrected chi connectivity index (χ4v) is 1.60. The van der Waals surface area contributed by atoms with Crippen LogP contribution < -0.4 is 5.73 Å². The van der Waals surface area contributed by atoms with Crippen LogP contribution in [0.3, 0.4) is 0 Å². The Kier molecular flexibility index (Phi) is 3.57. The van der Waals surface area contributed by atoms with E-state index in [1.807, 2.05) is 0 Å². The number of amidine groups is 1. The van der Waals surface area contributed by atoms with Crippen LogP contribution in [-0.2, 0) is 0 Å². The first-order valence-corrected chi connectivity index (χ1v) is 5.10. The second kappa shape index (κ2) is 4.48. The molecule has 70 valence electrons. The lowest BCUT2D eigenvalue weighted by atomic mass is 10.2. The van der Waals surface area contributed by atoms with Crippen molar-refractivity contribution >= 4 is 5.84 Å². The summed E-state index contributed by atoms with van der Waals surface area (Å²) in [5.74, 6) is 1.71. The standard InChI is InChI=1S/C10H20N2/c1-3-5-8-7-9(8)12-10(11)6-4-2/h8-9H,3-7H2,1-2H3,(H2,11,12). The smallest absolute Gasteiger partial charge is 0.0940 e. The van der Waals surface area contributed by atoms with Crippen molar-refractivity contribution in [2.24, 2.45) is 16.6 Å². The molecule has 0 saturated heterocycles. The van der Waals surface area contributed by atoms with Crippen LogP contribution in [0.25, 0.3) is 0 Å². The third-order valence-corrected chi connectivity index (χ3v) is 2.38. The minimum atomic E-state index is 0.580. The number of nitrogens with zero attached hydrogens (tertiary/aromatic N) is 1. The van der Waals surface area contributed by atoms with Crippen LogP contribution in [0.5, 0.6) is 0 Å². The van der Waals surface area contributed by atoms with Gasteiger partial charge in [0, 0.05) is 6.42 Å². The summed E-state index contributed by atoms with van der Waals surface area (Å²) < 4.78 is 0. The molecule has 12 heavy (non-hydrogen) atoms. The molecule has 1 rings (SSSR count). The minimum Gasteiger partial charge on any atom is -0.387 e. The van der Waals surface area contributed by atoms with Crippen molar-refractivity contribution in [3.63, 3.8) is 0 Å². The highest BCUT2D eigenvalue weighted by atomic mass is 14.9. The van der Waals surface area contributed by atoms with Crippen LogP contribution in [-0.4, -0.2) is 11.9 Å². The van der Waals surface area contributed by atoms with Gasteiger partial charge in [0.25, 0.3) is 0 Å². The molecule has 0 aliphatic heterocycles. The molecule has 2 heteroatoms. The van der Waals surface area contributed by atoms with Crippen molar-refractivity contribution < 1.29 is 0 Å². The molecule has 2 N–H and O–H groups in total. The first-order chi connectivity index (χ1) is 5.77. The van der Waals surface area contributed by atoms with E-state index < -0.39 is 0 Å². The molecule has 0 spiro atoms. The zero-order chi connectivity index (χ0) is 8.97. The third kappa shape index (κ3) is 2.84. The third-order valence-electron chi connectivity index (χ3n) is 2.38. The van der Waals surface area contributed by atoms with Crippen LogP contribution in [0.2, 0.25) is 0 Å². The monoisotopic (exact) mass is 168 g/mol. The normalized spacial score (nSPS) is 29.0. The van der Waals surface area contributed by atoms with Gasteiger partial charge in [-0.15, -0.1) is 0 Å². The highest BCUT2D eigenvalue weighted by Crippen LogP contribution is 2.37. The van der Waals surface area contributed by atoms with Crippen LogP contribution in [0.4, 0.5) is 0 Å². The first kappa shape index (κ1) is 9.56. The maximum Gasteiger partial charge on any atom is 0.0940 e. The molecule has 2 nitrogen and oxygen atoms in total. The average molecular weight is 168 g/mol. The molecule has 0 aromatic carbocycles. The highest BCUT2D eigenvalue weighted by Gasteiger charge is 2.35. The Bertz CT molecular complexity index is 163. The summed E-state index contributed by atoms with van der Waals surface area (Å²) in [5, 5.41) is 0. The van der Waals surface area contributed by atoms with E-state index in [2.05, 4.69) is 18.8 Å². The number of nitrogens with two attached hydrogens (primary N) is 1. The van der Waals surface area contributed by atoms with E-state index in [4.69, 9.17) is 5.73 Å². The van der Waals surface area contributed by atoms with Gasteiger partial charge in [-0.05, 0) is 25.2 Å². The highest BCUT2D eigenvalue weighted by molar-refractivity contribution is 5.80. The average Bonchev–Trinajstić information content (AvgIpc) is 2.69. The van der Waals surface area contributed by atoms with Gasteiger partial charge in [-0.3, -0.25) is 4.99 Å². The molecule has 2 unspecified atom stereocenters. The van der Waals surface area contributed by atoms with E-state index in [9.17, 15) is 0 Å². The molecule has 0 aromatic heterocycles. The zero-order valence-corrected chi connectivity index (χ0v) is 8.21. The van der Waals surface area contributed by atoms with Gasteiger partial charge in [-0.1, -0.05) is 20.3 Å². The Morgan fingerprint density at radius 2 is 2.17 bits per heavy atom. The summed E-state index contributed by atoms with van der Waals surface area (Å²) in [5.41, 5.74) is 5.73. The van der Waals surface area contributed by atoms with Crippen LogP contribution in [0.1, 0.15) is 46.0 Å². The summed E-state index contributed by atoms with van der Waals surface area (Å²) in [6.07, 6.45) is 5.96. The van der Waals surface area contributed by atoms with E-state index in [0.717, 1.165) is 24.6 Å². The predicted molar refractivity (Wildman–Crippen MR) is 53.3 cm³/mol. The minimum absolute atomic E-state index is 0.580. The molecule has 1 saturated carbocycles. The van der Waals surface area contributed by atoms with Gasteiger partial charge in [0.15, 0.2) is 0 Å². The van der Waals surface area contributed by atoms with Crippen molar-refractivity contribution in [3.05, 3.63) is 0 Å². The molecule has 2 atom stereocenters. The summed E-state index contributed by atoms with van der Waals surface area (Å²) >= 11 is 0. The Hall–Kier alpha value is -0.530. The summed E-state index contributed by atoms with van der Waals surface area (Å²) in [7, 11) is 0. The summed E-state index contributed by atoms with van der Waals surface area (Å²) in [6, 6.07) is 0.580. The molecular formula is C10H20N2. The fourth-order valence-electron chi connectivity index (χ4n) is 1.60. The molecule has 0 aromatic rings. The second-order valence-electron chi connectivity index (χ2n) is 3.72. The van der Waals surface area contributed by atoms with Gasteiger partial charge in [0.2, 0.25) is 0 Å². The van der Waals surface area contributed by atoms with Crippen molar-refractivity contribution in [3.8, 4) is 0 Å². The lowest BCUT2D eigenvalue weighted by molar-refractivity contribution is 0.683. The number of aliphatic imine (C=N–C) groups is 1. The van der Waals surface area contributed by atoms with E-state index >= 15 is 0 Å². The Balaban J connectivity index is 2.20. The van der Waals surface area contributed by atoms with Crippen LogP contribution in [0.15, 0.2) is 4.99 Å². The van der Waals surface area contributed by atoms with E-state index in [-0.39, 0.29) is 0 Å². The van der Waals surface area contributed by atoms with Crippen molar-refractivity contribution in [2.75, 3.05) is 0 Å². The molecule has 1 aliphatic carbocycles. The predicted octanol–water partition coefficient (Wildman–Crippen LogP) is 2.33. The van der Waals surface area contributed by atoms with Crippen LogP contribution >= 0.6 is 0 Å². The van der Waals surface area contributed by atoms with Gasteiger partial charge >= 0.3 is 0 Å². The van der Waals surface area contributed by atoms with Gasteiger partial charge in [0.05, 0.1) is 11.9 Å². The lowest BCUT2D eigenvalue weighted by Crippen LogP contribution is -2.12. The quantitative estimate of drug-likeness (QED) is 0.496. The van der Waals surface area contributed by atoms with Crippen molar-refractivity contribution in [2.45, 2.75) is 52.0 Å². The van der Waals surface area contributed by atoms with Crippen molar-refractivity contribution in [1.82, 2.24) is 0 Å².